The molecule has 0 aliphatic carbocycles. The third kappa shape index (κ3) is 10.7. The maximum absolute atomic E-state index is 12.7. The Bertz CT molecular complexity index is 967. The lowest BCUT2D eigenvalue weighted by Gasteiger charge is -2.39. The van der Waals surface area contributed by atoms with Gasteiger partial charge in [0.15, 0.2) is 0 Å². The zero-order valence-corrected chi connectivity index (χ0v) is 26.5. The molecule has 0 saturated carbocycles. The van der Waals surface area contributed by atoms with Crippen LogP contribution in [0.5, 0.6) is 0 Å². The summed E-state index contributed by atoms with van der Waals surface area (Å²) in [5.74, 6) is -1.14. The highest BCUT2D eigenvalue weighted by molar-refractivity contribution is 6.35. The normalized spacial score (nSPS) is 11.8. The summed E-state index contributed by atoms with van der Waals surface area (Å²) in [6, 6.07) is 15.9. The summed E-state index contributed by atoms with van der Waals surface area (Å²) in [4.78, 5) is 25.5. The van der Waals surface area contributed by atoms with E-state index in [0.29, 0.717) is 13.1 Å². The fourth-order valence-corrected chi connectivity index (χ4v) is 6.38. The van der Waals surface area contributed by atoms with Crippen LogP contribution in [0.3, 0.4) is 0 Å². The number of benzene rings is 2. The molecule has 8 heteroatoms. The minimum Gasteiger partial charge on any atom is -0.342 e. The molecule has 2 aromatic carbocycles. The topological polar surface area (TPSA) is 58.2 Å². The first-order valence-corrected chi connectivity index (χ1v) is 15.7. The average molecular weight is 594 g/mol. The maximum atomic E-state index is 12.7. The van der Waals surface area contributed by atoms with E-state index < -0.39 is 11.8 Å². The van der Waals surface area contributed by atoms with Crippen molar-refractivity contribution in [3.05, 3.63) is 69.7 Å². The second-order valence-electron chi connectivity index (χ2n) is 11.0. The molecule has 0 aliphatic rings. The van der Waals surface area contributed by atoms with Gasteiger partial charge in [0, 0.05) is 21.2 Å². The molecule has 222 valence electrons. The van der Waals surface area contributed by atoms with Gasteiger partial charge in [-0.1, -0.05) is 87.3 Å². The van der Waals surface area contributed by atoms with Crippen molar-refractivity contribution in [2.45, 2.75) is 66.5 Å². The minimum absolute atomic E-state index is 0.439. The van der Waals surface area contributed by atoms with Crippen molar-refractivity contribution in [1.29, 1.82) is 0 Å². The molecule has 2 amide bonds. The summed E-state index contributed by atoms with van der Waals surface area (Å²) in [7, 11) is 0. The van der Waals surface area contributed by atoms with Gasteiger partial charge in [-0.05, 0) is 37.8 Å². The number of hydrogen-bond acceptors (Lipinski definition) is 2. The Kier molecular flexibility index (Phi) is 15.0. The summed E-state index contributed by atoms with van der Waals surface area (Å²) in [6.45, 7) is 16.7. The van der Waals surface area contributed by atoms with Gasteiger partial charge < -0.3 is 19.6 Å². The Morgan fingerprint density at radius 2 is 0.900 bits per heavy atom. The predicted molar refractivity (Wildman–Crippen MR) is 167 cm³/mol. The van der Waals surface area contributed by atoms with Crippen LogP contribution < -0.4 is 10.6 Å². The Balaban J connectivity index is 1.97. The van der Waals surface area contributed by atoms with Crippen LogP contribution in [0, 0.1) is 0 Å². The Morgan fingerprint density at radius 3 is 1.20 bits per heavy atom. The van der Waals surface area contributed by atoms with E-state index in [9.17, 15) is 9.59 Å². The van der Waals surface area contributed by atoms with Gasteiger partial charge in [0.25, 0.3) is 0 Å². The van der Waals surface area contributed by atoms with E-state index >= 15 is 0 Å². The Morgan fingerprint density at radius 1 is 0.575 bits per heavy atom. The van der Waals surface area contributed by atoms with Gasteiger partial charge in [0.2, 0.25) is 0 Å². The number of rotatable bonds is 18. The van der Waals surface area contributed by atoms with Crippen molar-refractivity contribution in [2.75, 3.05) is 52.4 Å². The predicted octanol–water partition coefficient (Wildman–Crippen LogP) is 6.20. The van der Waals surface area contributed by atoms with Gasteiger partial charge in [0.05, 0.1) is 52.4 Å². The molecule has 6 nitrogen and oxygen atoms in total. The average Bonchev–Trinajstić information content (AvgIpc) is 2.92. The van der Waals surface area contributed by atoms with Crippen LogP contribution in [0.1, 0.15) is 64.5 Å². The number of amides is 2. The molecule has 0 heterocycles. The van der Waals surface area contributed by atoms with Crippen molar-refractivity contribution >= 4 is 35.0 Å². The lowest BCUT2D eigenvalue weighted by Crippen LogP contribution is -2.54. The van der Waals surface area contributed by atoms with E-state index in [2.05, 4.69) is 50.5 Å². The van der Waals surface area contributed by atoms with Crippen molar-refractivity contribution in [2.24, 2.45) is 0 Å². The van der Waals surface area contributed by atoms with E-state index in [-0.39, 0.29) is 0 Å². The first-order valence-electron chi connectivity index (χ1n) is 15.0. The van der Waals surface area contributed by atoms with Crippen LogP contribution in [-0.4, -0.2) is 73.1 Å². The quantitative estimate of drug-likeness (QED) is 0.160. The van der Waals surface area contributed by atoms with E-state index in [1.54, 1.807) is 0 Å². The Hall–Kier alpha value is -2.12. The molecule has 2 aromatic rings. The largest absolute Gasteiger partial charge is 0.342 e. The van der Waals surface area contributed by atoms with Gasteiger partial charge in [-0.3, -0.25) is 9.59 Å². The van der Waals surface area contributed by atoms with E-state index in [0.717, 1.165) is 108 Å². The van der Waals surface area contributed by atoms with Crippen molar-refractivity contribution in [3.63, 3.8) is 0 Å². The molecule has 0 aliphatic heterocycles. The minimum atomic E-state index is -0.570. The third-order valence-corrected chi connectivity index (χ3v) is 8.41. The fourth-order valence-electron chi connectivity index (χ4n) is 5.99. The molecule has 0 radical (unpaired) electrons. The summed E-state index contributed by atoms with van der Waals surface area (Å²) in [6.07, 6.45) is 4.12. The highest BCUT2D eigenvalue weighted by atomic mass is 35.5. The first kappa shape index (κ1) is 34.1. The zero-order chi connectivity index (χ0) is 29.4. The van der Waals surface area contributed by atoms with Gasteiger partial charge in [-0.2, -0.15) is 0 Å². The number of carbonyl (C=O) groups is 2. The molecule has 0 aromatic heterocycles. The van der Waals surface area contributed by atoms with Crippen molar-refractivity contribution in [3.8, 4) is 0 Å². The molecule has 0 saturated heterocycles. The molecule has 0 unspecified atom stereocenters. The van der Waals surface area contributed by atoms with Gasteiger partial charge in [-0.15, -0.1) is 0 Å². The summed E-state index contributed by atoms with van der Waals surface area (Å²) in [5, 5.41) is 7.30. The van der Waals surface area contributed by atoms with E-state index in [1.165, 1.54) is 0 Å². The lowest BCUT2D eigenvalue weighted by molar-refractivity contribution is -0.940. The van der Waals surface area contributed by atoms with Crippen LogP contribution >= 0.6 is 23.2 Å². The van der Waals surface area contributed by atoms with Crippen LogP contribution in [-0.2, 0) is 22.7 Å². The van der Waals surface area contributed by atoms with Gasteiger partial charge >= 0.3 is 11.8 Å². The standard InChI is InChI=1S/C32H48Cl2N4O2/c1-5-19-37(20-6-2,25-27-13-9-11-15-29(27)33)23-17-35-31(39)32(40)36-18-24-38(21-7-3,22-8-4)26-28-14-10-12-16-30(28)34/h9-16H,5-8,17-26H2,1-4H3/p+2. The summed E-state index contributed by atoms with van der Waals surface area (Å²) >= 11 is 13.0. The SMILES string of the molecule is CCC[N+](CCC)(CCNC(=O)C(=O)NCC[N+](CCC)(CCC)Cc1ccccc1Cl)Cc1ccccc1Cl. The van der Waals surface area contributed by atoms with Crippen molar-refractivity contribution in [1.82, 2.24) is 10.6 Å². The number of nitrogens with zero attached hydrogens (tertiary/aromatic N) is 2. The molecule has 2 rings (SSSR count). The number of carbonyl (C=O) groups excluding carboxylic acids is 2. The highest BCUT2D eigenvalue weighted by Crippen LogP contribution is 2.24. The van der Waals surface area contributed by atoms with Crippen LogP contribution in [0.4, 0.5) is 0 Å². The van der Waals surface area contributed by atoms with Crippen LogP contribution in [0.2, 0.25) is 10.0 Å². The van der Waals surface area contributed by atoms with Crippen LogP contribution in [0.25, 0.3) is 0 Å². The van der Waals surface area contributed by atoms with Gasteiger partial charge in [0.1, 0.15) is 13.1 Å². The number of nitrogens with one attached hydrogen (secondary N) is 2. The molecule has 0 fully saturated rings. The molecule has 0 spiro atoms. The van der Waals surface area contributed by atoms with E-state index in [4.69, 9.17) is 23.2 Å². The number of hydrogen-bond donors (Lipinski definition) is 2. The molecular formula is C32H50Cl2N4O2+2. The monoisotopic (exact) mass is 592 g/mol. The third-order valence-electron chi connectivity index (χ3n) is 7.67. The molecule has 2 N–H and O–H groups in total. The maximum Gasteiger partial charge on any atom is 0.309 e. The zero-order valence-electron chi connectivity index (χ0n) is 25.0. The number of halogens is 2. The molecular weight excluding hydrogens is 543 g/mol. The summed E-state index contributed by atoms with van der Waals surface area (Å²) in [5.41, 5.74) is 2.24. The van der Waals surface area contributed by atoms with Gasteiger partial charge in [-0.25, -0.2) is 0 Å². The number of quaternary nitrogens is 2. The van der Waals surface area contributed by atoms with Crippen LogP contribution in [0.15, 0.2) is 48.5 Å². The molecule has 0 bridgehead atoms. The van der Waals surface area contributed by atoms with E-state index in [1.807, 2.05) is 36.4 Å². The molecule has 0 atom stereocenters. The second-order valence-corrected chi connectivity index (χ2v) is 11.9. The summed E-state index contributed by atoms with van der Waals surface area (Å²) < 4.78 is 1.66. The first-order chi connectivity index (χ1) is 19.2. The van der Waals surface area contributed by atoms with Crippen molar-refractivity contribution < 1.29 is 18.6 Å². The Labute approximate surface area is 252 Å². The smallest absolute Gasteiger partial charge is 0.309 e. The lowest BCUT2D eigenvalue weighted by atomic mass is 10.1. The fraction of sp³-hybridized carbons (Fsp3) is 0.562. The second kappa shape index (κ2) is 17.6. The highest BCUT2D eigenvalue weighted by Gasteiger charge is 2.29. The molecule has 40 heavy (non-hydrogen) atoms.